The average molecular weight is 263 g/mol. The standard InChI is InChI=1S/C14H17NO4/c1-2-13-15-11-9-10(6-7-12(11)19-13)18-8-4-3-5-14(16)17/h6-7,9H,2-5,8H2,1H3,(H,16,17). The molecule has 0 aliphatic carbocycles. The second-order valence-electron chi connectivity index (χ2n) is 4.29. The molecular formula is C14H17NO4. The summed E-state index contributed by atoms with van der Waals surface area (Å²) in [6.07, 6.45) is 2.30. The maximum absolute atomic E-state index is 10.4. The number of hydrogen-bond acceptors (Lipinski definition) is 4. The van der Waals surface area contributed by atoms with Crippen LogP contribution in [0.1, 0.15) is 32.1 Å². The van der Waals surface area contributed by atoms with Crippen molar-refractivity contribution in [3.8, 4) is 5.75 Å². The van der Waals surface area contributed by atoms with Crippen LogP contribution in [0.15, 0.2) is 22.6 Å². The molecule has 0 bridgehead atoms. The average Bonchev–Trinajstić information content (AvgIpc) is 2.80. The number of unbranched alkanes of at least 4 members (excludes halogenated alkanes) is 1. The molecule has 0 aliphatic rings. The number of carbonyl (C=O) groups is 1. The summed E-state index contributed by atoms with van der Waals surface area (Å²) in [5.74, 6) is 0.684. The van der Waals surface area contributed by atoms with Gasteiger partial charge in [-0.2, -0.15) is 0 Å². The molecule has 0 spiro atoms. The number of hydrogen-bond donors (Lipinski definition) is 1. The first-order valence-corrected chi connectivity index (χ1v) is 6.43. The van der Waals surface area contributed by atoms with Gasteiger partial charge in [0, 0.05) is 18.9 Å². The lowest BCUT2D eigenvalue weighted by Gasteiger charge is -2.04. The zero-order valence-electron chi connectivity index (χ0n) is 10.9. The molecular weight excluding hydrogens is 246 g/mol. The van der Waals surface area contributed by atoms with Gasteiger partial charge in [0.15, 0.2) is 11.5 Å². The van der Waals surface area contributed by atoms with Crippen LogP contribution in [0, 0.1) is 0 Å². The van der Waals surface area contributed by atoms with Crippen molar-refractivity contribution in [1.82, 2.24) is 4.98 Å². The van der Waals surface area contributed by atoms with Gasteiger partial charge in [-0.3, -0.25) is 4.79 Å². The highest BCUT2D eigenvalue weighted by atomic mass is 16.5. The number of nitrogens with zero attached hydrogens (tertiary/aromatic N) is 1. The van der Waals surface area contributed by atoms with E-state index in [1.54, 1.807) is 0 Å². The Morgan fingerprint density at radius 1 is 1.42 bits per heavy atom. The van der Waals surface area contributed by atoms with Gasteiger partial charge >= 0.3 is 5.97 Å². The van der Waals surface area contributed by atoms with Crippen molar-refractivity contribution in [3.63, 3.8) is 0 Å². The molecule has 2 aromatic rings. The maximum Gasteiger partial charge on any atom is 0.303 e. The van der Waals surface area contributed by atoms with E-state index in [9.17, 15) is 4.79 Å². The van der Waals surface area contributed by atoms with E-state index >= 15 is 0 Å². The summed E-state index contributed by atoms with van der Waals surface area (Å²) in [6, 6.07) is 5.52. The summed E-state index contributed by atoms with van der Waals surface area (Å²) in [4.78, 5) is 14.7. The quantitative estimate of drug-likeness (QED) is 0.777. The maximum atomic E-state index is 10.4. The highest BCUT2D eigenvalue weighted by Gasteiger charge is 2.05. The number of carboxylic acid groups (broad SMARTS) is 1. The Morgan fingerprint density at radius 2 is 2.26 bits per heavy atom. The first-order chi connectivity index (χ1) is 9.19. The Kier molecular flexibility index (Phi) is 4.39. The molecule has 1 aromatic heterocycles. The molecule has 0 atom stereocenters. The number of oxazole rings is 1. The molecule has 0 fully saturated rings. The van der Waals surface area contributed by atoms with E-state index in [4.69, 9.17) is 14.3 Å². The zero-order chi connectivity index (χ0) is 13.7. The van der Waals surface area contributed by atoms with Crippen molar-refractivity contribution in [1.29, 1.82) is 0 Å². The molecule has 0 saturated carbocycles. The van der Waals surface area contributed by atoms with Gasteiger partial charge in [-0.15, -0.1) is 0 Å². The van der Waals surface area contributed by atoms with Crippen LogP contribution in [0.3, 0.4) is 0 Å². The van der Waals surface area contributed by atoms with Crippen molar-refractivity contribution >= 4 is 17.1 Å². The van der Waals surface area contributed by atoms with Crippen LogP contribution in [0.4, 0.5) is 0 Å². The molecule has 1 aromatic carbocycles. The molecule has 1 N–H and O–H groups in total. The highest BCUT2D eigenvalue weighted by Crippen LogP contribution is 2.21. The van der Waals surface area contributed by atoms with Crippen LogP contribution < -0.4 is 4.74 Å². The number of aromatic nitrogens is 1. The second-order valence-corrected chi connectivity index (χ2v) is 4.29. The molecule has 5 heteroatoms. The van der Waals surface area contributed by atoms with Gasteiger partial charge < -0.3 is 14.3 Å². The third kappa shape index (κ3) is 3.71. The molecule has 19 heavy (non-hydrogen) atoms. The van der Waals surface area contributed by atoms with Gasteiger partial charge in [-0.1, -0.05) is 6.92 Å². The van der Waals surface area contributed by atoms with Crippen LogP contribution in [0.2, 0.25) is 0 Å². The lowest BCUT2D eigenvalue weighted by Crippen LogP contribution is -2.00. The minimum absolute atomic E-state index is 0.186. The Balaban J connectivity index is 1.88. The zero-order valence-corrected chi connectivity index (χ0v) is 10.9. The molecule has 0 saturated heterocycles. The lowest BCUT2D eigenvalue weighted by atomic mass is 10.2. The SMILES string of the molecule is CCc1nc2cc(OCCCCC(=O)O)ccc2o1. The van der Waals surface area contributed by atoms with E-state index in [2.05, 4.69) is 4.98 Å². The van der Waals surface area contributed by atoms with Gasteiger partial charge in [0.25, 0.3) is 0 Å². The first-order valence-electron chi connectivity index (χ1n) is 6.43. The van der Waals surface area contributed by atoms with Crippen LogP contribution in [-0.2, 0) is 11.2 Å². The summed E-state index contributed by atoms with van der Waals surface area (Å²) in [6.45, 7) is 2.50. The number of carboxylic acids is 1. The number of aliphatic carboxylic acids is 1. The largest absolute Gasteiger partial charge is 0.494 e. The van der Waals surface area contributed by atoms with E-state index in [1.165, 1.54) is 0 Å². The van der Waals surface area contributed by atoms with E-state index in [0.29, 0.717) is 18.9 Å². The lowest BCUT2D eigenvalue weighted by molar-refractivity contribution is -0.137. The summed E-state index contributed by atoms with van der Waals surface area (Å²) >= 11 is 0. The Labute approximate surface area is 111 Å². The summed E-state index contributed by atoms with van der Waals surface area (Å²) < 4.78 is 11.1. The van der Waals surface area contributed by atoms with E-state index < -0.39 is 5.97 Å². The topological polar surface area (TPSA) is 72.6 Å². The van der Waals surface area contributed by atoms with Crippen molar-refractivity contribution in [2.75, 3.05) is 6.61 Å². The predicted octanol–water partition coefficient (Wildman–Crippen LogP) is 3.02. The molecule has 2 rings (SSSR count). The van der Waals surface area contributed by atoms with Gasteiger partial charge in [0.1, 0.15) is 11.3 Å². The third-order valence-electron chi connectivity index (χ3n) is 2.76. The second kappa shape index (κ2) is 6.22. The molecule has 0 unspecified atom stereocenters. The first kappa shape index (κ1) is 13.4. The van der Waals surface area contributed by atoms with E-state index in [-0.39, 0.29) is 6.42 Å². The molecule has 5 nitrogen and oxygen atoms in total. The monoisotopic (exact) mass is 263 g/mol. The number of fused-ring (bicyclic) bond motifs is 1. The summed E-state index contributed by atoms with van der Waals surface area (Å²) in [5.41, 5.74) is 1.55. The smallest absolute Gasteiger partial charge is 0.303 e. The normalized spacial score (nSPS) is 10.8. The van der Waals surface area contributed by atoms with Crippen molar-refractivity contribution in [3.05, 3.63) is 24.1 Å². The number of ether oxygens (including phenoxy) is 1. The fourth-order valence-electron chi connectivity index (χ4n) is 1.76. The minimum atomic E-state index is -0.767. The van der Waals surface area contributed by atoms with Crippen molar-refractivity contribution < 1.29 is 19.1 Å². The molecule has 102 valence electrons. The van der Waals surface area contributed by atoms with Crippen molar-refractivity contribution in [2.45, 2.75) is 32.6 Å². The number of rotatable bonds is 7. The molecule has 0 radical (unpaired) electrons. The van der Waals surface area contributed by atoms with Crippen LogP contribution >= 0.6 is 0 Å². The van der Waals surface area contributed by atoms with Gasteiger partial charge in [0.2, 0.25) is 0 Å². The minimum Gasteiger partial charge on any atom is -0.494 e. The van der Waals surface area contributed by atoms with Gasteiger partial charge in [0.05, 0.1) is 6.61 Å². The van der Waals surface area contributed by atoms with E-state index in [1.807, 2.05) is 25.1 Å². The number of benzene rings is 1. The van der Waals surface area contributed by atoms with Crippen molar-refractivity contribution in [2.24, 2.45) is 0 Å². The molecule has 0 aliphatic heterocycles. The predicted molar refractivity (Wildman–Crippen MR) is 70.4 cm³/mol. The Morgan fingerprint density at radius 3 is 3.00 bits per heavy atom. The van der Waals surface area contributed by atoms with E-state index in [0.717, 1.165) is 29.7 Å². The van der Waals surface area contributed by atoms with Gasteiger partial charge in [-0.05, 0) is 25.0 Å². The van der Waals surface area contributed by atoms with Crippen LogP contribution in [-0.4, -0.2) is 22.7 Å². The Bertz CT molecular complexity index is 562. The third-order valence-corrected chi connectivity index (χ3v) is 2.76. The summed E-state index contributed by atoms with van der Waals surface area (Å²) in [5, 5.41) is 8.51. The fraction of sp³-hybridized carbons (Fsp3) is 0.429. The molecule has 1 heterocycles. The fourth-order valence-corrected chi connectivity index (χ4v) is 1.76. The molecule has 0 amide bonds. The highest BCUT2D eigenvalue weighted by molar-refractivity contribution is 5.74. The number of aryl methyl sites for hydroxylation is 1. The Hall–Kier alpha value is -2.04. The van der Waals surface area contributed by atoms with Crippen LogP contribution in [0.5, 0.6) is 5.75 Å². The summed E-state index contributed by atoms with van der Waals surface area (Å²) in [7, 11) is 0. The van der Waals surface area contributed by atoms with Gasteiger partial charge in [-0.25, -0.2) is 4.98 Å². The van der Waals surface area contributed by atoms with Crippen LogP contribution in [0.25, 0.3) is 11.1 Å².